The standard InChI is InChI=1S/C36H39NO4/c1-4-7-23-37(24-8-5-2)30-20-22-32-31(6-3)33(36(40)41-34(32)25-30)21-17-27-12-9-26(10-13-27)11-14-28-15-18-29(19-16-28)35(38)39/h9-22,25H,4-8,23-24H2,1-3H3,(H,38,39)/b14-11+,21-17+. The highest BCUT2D eigenvalue weighted by atomic mass is 16.4. The lowest BCUT2D eigenvalue weighted by Crippen LogP contribution is -2.25. The van der Waals surface area contributed by atoms with Gasteiger partial charge in [0.25, 0.3) is 0 Å². The Kier molecular flexibility index (Phi) is 10.3. The SMILES string of the molecule is CCCCN(CCCC)c1ccc2c(CC)c(/C=C/c3ccc(/C=C/c4ccc(C(=O)O)cc4)cc3)c(=O)oc2c1. The van der Waals surface area contributed by atoms with E-state index in [1.165, 1.54) is 0 Å². The highest BCUT2D eigenvalue weighted by molar-refractivity contribution is 5.88. The fraction of sp³-hybridized carbons (Fsp3) is 0.278. The molecule has 0 aliphatic carbocycles. The van der Waals surface area contributed by atoms with Gasteiger partial charge in [-0.05, 0) is 71.9 Å². The Morgan fingerprint density at radius 1 is 0.780 bits per heavy atom. The molecular weight excluding hydrogens is 510 g/mol. The number of carboxylic acids is 1. The van der Waals surface area contributed by atoms with Crippen LogP contribution >= 0.6 is 0 Å². The molecule has 1 aromatic heterocycles. The highest BCUT2D eigenvalue weighted by Crippen LogP contribution is 2.27. The van der Waals surface area contributed by atoms with E-state index in [1.54, 1.807) is 24.3 Å². The summed E-state index contributed by atoms with van der Waals surface area (Å²) in [6.07, 6.45) is 13.0. The second-order valence-electron chi connectivity index (χ2n) is 10.3. The summed E-state index contributed by atoms with van der Waals surface area (Å²) in [5.41, 5.74) is 6.23. The van der Waals surface area contributed by atoms with E-state index in [4.69, 9.17) is 9.52 Å². The number of carboxylic acid groups (broad SMARTS) is 1. The Balaban J connectivity index is 1.54. The predicted octanol–water partition coefficient (Wildman–Crippen LogP) is 8.80. The molecule has 5 nitrogen and oxygen atoms in total. The molecule has 0 radical (unpaired) electrons. The molecule has 0 aliphatic heterocycles. The van der Waals surface area contributed by atoms with E-state index >= 15 is 0 Å². The van der Waals surface area contributed by atoms with Crippen molar-refractivity contribution in [3.63, 3.8) is 0 Å². The first-order chi connectivity index (χ1) is 19.9. The van der Waals surface area contributed by atoms with Crippen molar-refractivity contribution >= 4 is 46.9 Å². The lowest BCUT2D eigenvalue weighted by molar-refractivity contribution is 0.0697. The molecule has 0 spiro atoms. The van der Waals surface area contributed by atoms with Gasteiger partial charge in [0.2, 0.25) is 0 Å². The van der Waals surface area contributed by atoms with Crippen molar-refractivity contribution in [2.45, 2.75) is 52.9 Å². The van der Waals surface area contributed by atoms with Crippen LogP contribution < -0.4 is 10.5 Å². The molecule has 0 bridgehead atoms. The third-order valence-electron chi connectivity index (χ3n) is 7.32. The van der Waals surface area contributed by atoms with E-state index in [-0.39, 0.29) is 11.2 Å². The predicted molar refractivity (Wildman–Crippen MR) is 172 cm³/mol. The molecule has 0 saturated heterocycles. The summed E-state index contributed by atoms with van der Waals surface area (Å²) < 4.78 is 5.86. The van der Waals surface area contributed by atoms with Crippen LogP contribution in [0, 0.1) is 0 Å². The summed E-state index contributed by atoms with van der Waals surface area (Å²) in [7, 11) is 0. The van der Waals surface area contributed by atoms with Crippen LogP contribution in [0.4, 0.5) is 5.69 Å². The number of nitrogens with zero attached hydrogens (tertiary/aromatic N) is 1. The molecule has 0 saturated carbocycles. The van der Waals surface area contributed by atoms with Crippen molar-refractivity contribution < 1.29 is 14.3 Å². The van der Waals surface area contributed by atoms with Crippen molar-refractivity contribution in [1.29, 1.82) is 0 Å². The largest absolute Gasteiger partial charge is 0.478 e. The minimum Gasteiger partial charge on any atom is -0.478 e. The third-order valence-corrected chi connectivity index (χ3v) is 7.32. The third kappa shape index (κ3) is 7.63. The van der Waals surface area contributed by atoms with Gasteiger partial charge in [-0.2, -0.15) is 0 Å². The maximum atomic E-state index is 13.1. The molecule has 0 aliphatic rings. The van der Waals surface area contributed by atoms with Gasteiger partial charge in [0, 0.05) is 30.2 Å². The number of carbonyl (C=O) groups is 1. The van der Waals surface area contributed by atoms with E-state index in [0.717, 1.165) is 78.5 Å². The second-order valence-corrected chi connectivity index (χ2v) is 10.3. The zero-order valence-electron chi connectivity index (χ0n) is 24.2. The molecular formula is C36H39NO4. The van der Waals surface area contributed by atoms with Gasteiger partial charge >= 0.3 is 11.6 Å². The molecule has 0 fully saturated rings. The fourth-order valence-corrected chi connectivity index (χ4v) is 4.91. The normalized spacial score (nSPS) is 11.6. The molecule has 4 rings (SSSR count). The van der Waals surface area contributed by atoms with E-state index < -0.39 is 5.97 Å². The summed E-state index contributed by atoms with van der Waals surface area (Å²) in [6.45, 7) is 8.49. The van der Waals surface area contributed by atoms with Crippen LogP contribution in [0.2, 0.25) is 0 Å². The van der Waals surface area contributed by atoms with Crippen molar-refractivity contribution in [2.24, 2.45) is 0 Å². The van der Waals surface area contributed by atoms with Crippen LogP contribution in [0.25, 0.3) is 35.3 Å². The second kappa shape index (κ2) is 14.3. The summed E-state index contributed by atoms with van der Waals surface area (Å²) in [5, 5.41) is 10.0. The number of aryl methyl sites for hydroxylation is 1. The summed E-state index contributed by atoms with van der Waals surface area (Å²) in [5.74, 6) is -0.933. The van der Waals surface area contributed by atoms with E-state index in [0.29, 0.717) is 11.1 Å². The number of hydrogen-bond acceptors (Lipinski definition) is 4. The molecule has 0 atom stereocenters. The first-order valence-electron chi connectivity index (χ1n) is 14.6. The van der Waals surface area contributed by atoms with Crippen molar-refractivity contribution in [1.82, 2.24) is 0 Å². The van der Waals surface area contributed by atoms with E-state index in [9.17, 15) is 9.59 Å². The quantitative estimate of drug-likeness (QED) is 0.133. The molecule has 41 heavy (non-hydrogen) atoms. The molecule has 4 aromatic rings. The maximum Gasteiger partial charge on any atom is 0.343 e. The van der Waals surface area contributed by atoms with Gasteiger partial charge in [0.05, 0.1) is 11.1 Å². The molecule has 0 unspecified atom stereocenters. The smallest absolute Gasteiger partial charge is 0.343 e. The average molecular weight is 550 g/mol. The van der Waals surface area contributed by atoms with Gasteiger partial charge < -0.3 is 14.4 Å². The molecule has 5 heteroatoms. The number of hydrogen-bond donors (Lipinski definition) is 1. The van der Waals surface area contributed by atoms with Gasteiger partial charge in [0.1, 0.15) is 5.58 Å². The summed E-state index contributed by atoms with van der Waals surface area (Å²) in [6, 6.07) is 21.1. The average Bonchev–Trinajstić information content (AvgIpc) is 2.99. The van der Waals surface area contributed by atoms with E-state index in [2.05, 4.69) is 37.8 Å². The topological polar surface area (TPSA) is 70.8 Å². The highest BCUT2D eigenvalue weighted by Gasteiger charge is 2.14. The molecule has 1 heterocycles. The summed E-state index contributed by atoms with van der Waals surface area (Å²) in [4.78, 5) is 26.5. The van der Waals surface area contributed by atoms with Crippen LogP contribution in [-0.2, 0) is 6.42 Å². The first kappa shape index (κ1) is 29.6. The van der Waals surface area contributed by atoms with Gasteiger partial charge in [0.15, 0.2) is 0 Å². The summed E-state index contributed by atoms with van der Waals surface area (Å²) >= 11 is 0. The Bertz CT molecular complexity index is 1570. The lowest BCUT2D eigenvalue weighted by Gasteiger charge is -2.25. The van der Waals surface area contributed by atoms with Gasteiger partial charge in [-0.1, -0.05) is 88.2 Å². The van der Waals surface area contributed by atoms with Crippen molar-refractivity contribution in [2.75, 3.05) is 18.0 Å². The molecule has 1 N–H and O–H groups in total. The zero-order valence-corrected chi connectivity index (χ0v) is 24.2. The Labute approximate surface area is 242 Å². The van der Waals surface area contributed by atoms with Crippen LogP contribution in [0.15, 0.2) is 75.9 Å². The number of rotatable bonds is 13. The van der Waals surface area contributed by atoms with Crippen molar-refractivity contribution in [3.8, 4) is 0 Å². The molecule has 212 valence electrons. The first-order valence-corrected chi connectivity index (χ1v) is 14.6. The van der Waals surface area contributed by atoms with Crippen molar-refractivity contribution in [3.05, 3.63) is 111 Å². The van der Waals surface area contributed by atoms with Crippen LogP contribution in [0.3, 0.4) is 0 Å². The van der Waals surface area contributed by atoms with E-state index in [1.807, 2.05) is 54.6 Å². The minimum absolute atomic E-state index is 0.270. The van der Waals surface area contributed by atoms with Gasteiger partial charge in [-0.3, -0.25) is 0 Å². The minimum atomic E-state index is -0.933. The Morgan fingerprint density at radius 3 is 1.83 bits per heavy atom. The number of aromatic carboxylic acids is 1. The molecule has 0 amide bonds. The fourth-order valence-electron chi connectivity index (χ4n) is 4.91. The number of benzene rings is 3. The zero-order chi connectivity index (χ0) is 29.2. The number of unbranched alkanes of at least 4 members (excludes halogenated alkanes) is 2. The maximum absolute atomic E-state index is 13.1. The monoisotopic (exact) mass is 549 g/mol. The Morgan fingerprint density at radius 2 is 1.32 bits per heavy atom. The number of anilines is 1. The lowest BCUT2D eigenvalue weighted by atomic mass is 10.0. The Hall–Kier alpha value is -4.38. The van der Waals surface area contributed by atoms with Crippen LogP contribution in [0.1, 0.15) is 84.6 Å². The van der Waals surface area contributed by atoms with Crippen LogP contribution in [-0.4, -0.2) is 24.2 Å². The molecule has 3 aromatic carbocycles. The van der Waals surface area contributed by atoms with Crippen LogP contribution in [0.5, 0.6) is 0 Å². The van der Waals surface area contributed by atoms with Gasteiger partial charge in [-0.15, -0.1) is 0 Å². The van der Waals surface area contributed by atoms with Gasteiger partial charge in [-0.25, -0.2) is 9.59 Å². The number of fused-ring (bicyclic) bond motifs is 1.